The monoisotopic (exact) mass is 534 g/mol. The van der Waals surface area contributed by atoms with Gasteiger partial charge in [0.1, 0.15) is 17.8 Å². The molecule has 13 heteroatoms. The summed E-state index contributed by atoms with van der Waals surface area (Å²) in [5.74, 6) is 0.654. The molecular weight excluding hydrogens is 513 g/mol. The van der Waals surface area contributed by atoms with Crippen LogP contribution < -0.4 is 10.2 Å². The van der Waals surface area contributed by atoms with Crippen LogP contribution in [0.4, 0.5) is 24.7 Å². The molecule has 0 spiro atoms. The first-order chi connectivity index (χ1) is 17.0. The number of rotatable bonds is 3. The van der Waals surface area contributed by atoms with Gasteiger partial charge in [-0.25, -0.2) is 18.4 Å². The number of aromatic nitrogens is 3. The summed E-state index contributed by atoms with van der Waals surface area (Å²) < 4.78 is 62.7. The molecule has 4 aromatic rings. The predicted octanol–water partition coefficient (Wildman–Crippen LogP) is 4.05. The molecule has 1 fully saturated rings. The van der Waals surface area contributed by atoms with E-state index in [1.54, 1.807) is 12.1 Å². The minimum Gasteiger partial charge on any atom is -0.352 e. The van der Waals surface area contributed by atoms with Gasteiger partial charge in [0, 0.05) is 49.0 Å². The van der Waals surface area contributed by atoms with Gasteiger partial charge < -0.3 is 20.1 Å². The molecule has 0 unspecified atom stereocenters. The standard InChI is InChI=1S/C23H21F3N6O2S2/c1-36(33,34)16-5-3-15(4-6-16)29-22(35)32-10-8-31(9-11-32)21-19-17-7-2-14(23(24,25)26)12-18(17)30-20(19)27-13-28-21/h2-7,12-13H,8-11H2,1H3,(H,29,35)(H,27,28,30). The van der Waals surface area contributed by atoms with E-state index in [0.717, 1.165) is 18.4 Å². The van der Waals surface area contributed by atoms with E-state index in [-0.39, 0.29) is 4.90 Å². The van der Waals surface area contributed by atoms with Crippen LogP contribution in [-0.4, -0.2) is 65.8 Å². The lowest BCUT2D eigenvalue weighted by molar-refractivity contribution is -0.137. The number of halogens is 3. The summed E-state index contributed by atoms with van der Waals surface area (Å²) in [6.45, 7) is 2.38. The number of H-pyrrole nitrogens is 1. The highest BCUT2D eigenvalue weighted by molar-refractivity contribution is 7.90. The number of nitrogens with zero attached hydrogens (tertiary/aromatic N) is 4. The third-order valence-electron chi connectivity index (χ3n) is 6.10. The number of alkyl halides is 3. The second-order valence-corrected chi connectivity index (χ2v) is 10.9. The second-order valence-electron chi connectivity index (χ2n) is 8.50. The van der Waals surface area contributed by atoms with Crippen LogP contribution in [0.3, 0.4) is 0 Å². The highest BCUT2D eigenvalue weighted by atomic mass is 32.2. The van der Waals surface area contributed by atoms with Gasteiger partial charge in [0.25, 0.3) is 0 Å². The van der Waals surface area contributed by atoms with Crippen LogP contribution in [0.5, 0.6) is 0 Å². The zero-order valence-electron chi connectivity index (χ0n) is 19.0. The van der Waals surface area contributed by atoms with Gasteiger partial charge in [0.2, 0.25) is 0 Å². The Labute approximate surface area is 210 Å². The third kappa shape index (κ3) is 4.67. The van der Waals surface area contributed by atoms with Crippen molar-refractivity contribution in [1.82, 2.24) is 19.9 Å². The Morgan fingerprint density at radius 1 is 1.06 bits per heavy atom. The maximum Gasteiger partial charge on any atom is 0.416 e. The van der Waals surface area contributed by atoms with Gasteiger partial charge in [0.15, 0.2) is 14.9 Å². The Hall–Kier alpha value is -3.45. The Kier molecular flexibility index (Phi) is 5.99. The SMILES string of the molecule is CS(=O)(=O)c1ccc(NC(=S)N2CCN(c3ncnc4[nH]c5cc(C(F)(F)F)ccc5c34)CC2)cc1. The molecule has 188 valence electrons. The fourth-order valence-corrected chi connectivity index (χ4v) is 5.17. The van der Waals surface area contributed by atoms with E-state index >= 15 is 0 Å². The molecular formula is C23H21F3N6O2S2. The van der Waals surface area contributed by atoms with Crippen molar-refractivity contribution in [3.05, 3.63) is 54.4 Å². The van der Waals surface area contributed by atoms with Gasteiger partial charge in [-0.2, -0.15) is 13.2 Å². The van der Waals surface area contributed by atoms with Crippen molar-refractivity contribution in [3.63, 3.8) is 0 Å². The Bertz CT molecular complexity index is 1560. The Morgan fingerprint density at radius 3 is 2.39 bits per heavy atom. The first-order valence-corrected chi connectivity index (χ1v) is 13.3. The van der Waals surface area contributed by atoms with Gasteiger partial charge in [-0.15, -0.1) is 0 Å². The first-order valence-electron chi connectivity index (χ1n) is 11.0. The van der Waals surface area contributed by atoms with Crippen LogP contribution in [0.2, 0.25) is 0 Å². The maximum atomic E-state index is 13.2. The largest absolute Gasteiger partial charge is 0.416 e. The topological polar surface area (TPSA) is 94.2 Å². The lowest BCUT2D eigenvalue weighted by atomic mass is 10.1. The van der Waals surface area contributed by atoms with E-state index < -0.39 is 21.6 Å². The molecule has 2 N–H and O–H groups in total. The number of piperazine rings is 1. The first kappa shape index (κ1) is 24.3. The number of nitrogens with one attached hydrogen (secondary N) is 2. The lowest BCUT2D eigenvalue weighted by Crippen LogP contribution is -2.50. The average molecular weight is 535 g/mol. The molecule has 3 heterocycles. The average Bonchev–Trinajstić information content (AvgIpc) is 3.21. The molecule has 0 bridgehead atoms. The summed E-state index contributed by atoms with van der Waals surface area (Å²) in [6, 6.07) is 9.99. The minimum atomic E-state index is -4.43. The summed E-state index contributed by atoms with van der Waals surface area (Å²) >= 11 is 5.54. The number of thiocarbonyl (C=S) groups is 1. The summed E-state index contributed by atoms with van der Waals surface area (Å²) in [4.78, 5) is 15.9. The number of fused-ring (bicyclic) bond motifs is 3. The number of anilines is 2. The molecule has 2 aromatic carbocycles. The minimum absolute atomic E-state index is 0.232. The van der Waals surface area contributed by atoms with E-state index in [2.05, 4.69) is 25.2 Å². The molecule has 1 saturated heterocycles. The van der Waals surface area contributed by atoms with Crippen LogP contribution in [-0.2, 0) is 16.0 Å². The molecule has 1 aliphatic heterocycles. The Morgan fingerprint density at radius 2 is 1.75 bits per heavy atom. The molecule has 0 saturated carbocycles. The highest BCUT2D eigenvalue weighted by Gasteiger charge is 2.31. The van der Waals surface area contributed by atoms with Gasteiger partial charge >= 0.3 is 6.18 Å². The summed E-state index contributed by atoms with van der Waals surface area (Å²) in [7, 11) is -3.27. The smallest absolute Gasteiger partial charge is 0.352 e. The molecule has 2 aromatic heterocycles. The molecule has 0 atom stereocenters. The van der Waals surface area contributed by atoms with E-state index in [9.17, 15) is 21.6 Å². The van der Waals surface area contributed by atoms with E-state index in [0.29, 0.717) is 64.7 Å². The highest BCUT2D eigenvalue weighted by Crippen LogP contribution is 2.36. The van der Waals surface area contributed by atoms with Gasteiger partial charge in [-0.05, 0) is 48.6 Å². The number of aromatic amines is 1. The van der Waals surface area contributed by atoms with Crippen molar-refractivity contribution >= 4 is 60.6 Å². The Balaban J connectivity index is 1.31. The maximum absolute atomic E-state index is 13.2. The van der Waals surface area contributed by atoms with Crippen molar-refractivity contribution in [2.45, 2.75) is 11.1 Å². The van der Waals surface area contributed by atoms with Crippen molar-refractivity contribution in [1.29, 1.82) is 0 Å². The predicted molar refractivity (Wildman–Crippen MR) is 136 cm³/mol. The summed E-state index contributed by atoms with van der Waals surface area (Å²) in [5.41, 5.74) is 0.792. The molecule has 1 aliphatic rings. The lowest BCUT2D eigenvalue weighted by Gasteiger charge is -2.37. The normalized spacial score (nSPS) is 15.0. The molecule has 0 radical (unpaired) electrons. The van der Waals surface area contributed by atoms with Crippen molar-refractivity contribution in [2.75, 3.05) is 42.7 Å². The number of hydrogen-bond donors (Lipinski definition) is 2. The second kappa shape index (κ2) is 8.89. The number of benzene rings is 2. The number of hydrogen-bond acceptors (Lipinski definition) is 6. The molecule has 5 rings (SSSR count). The van der Waals surface area contributed by atoms with Gasteiger partial charge in [0.05, 0.1) is 15.8 Å². The van der Waals surface area contributed by atoms with Gasteiger partial charge in [-0.1, -0.05) is 6.07 Å². The van der Waals surface area contributed by atoms with Gasteiger partial charge in [-0.3, -0.25) is 0 Å². The zero-order chi connectivity index (χ0) is 25.7. The van der Waals surface area contributed by atoms with Crippen LogP contribution >= 0.6 is 12.2 Å². The van der Waals surface area contributed by atoms with E-state index in [1.807, 2.05) is 4.90 Å². The summed E-state index contributed by atoms with van der Waals surface area (Å²) in [6.07, 6.45) is -1.88. The molecule has 0 amide bonds. The zero-order valence-corrected chi connectivity index (χ0v) is 20.6. The fraction of sp³-hybridized carbons (Fsp3) is 0.261. The molecule has 8 nitrogen and oxygen atoms in total. The summed E-state index contributed by atoms with van der Waals surface area (Å²) in [5, 5.41) is 4.96. The quantitative estimate of drug-likeness (QED) is 0.380. The number of sulfone groups is 1. The fourth-order valence-electron chi connectivity index (χ4n) is 4.24. The van der Waals surface area contributed by atoms with Crippen LogP contribution in [0, 0.1) is 0 Å². The van der Waals surface area contributed by atoms with Crippen LogP contribution in [0.15, 0.2) is 53.7 Å². The van der Waals surface area contributed by atoms with E-state index in [4.69, 9.17) is 12.2 Å². The molecule has 36 heavy (non-hydrogen) atoms. The van der Waals surface area contributed by atoms with E-state index in [1.165, 1.54) is 24.5 Å². The van der Waals surface area contributed by atoms with Crippen molar-refractivity contribution in [3.8, 4) is 0 Å². The van der Waals surface area contributed by atoms with Crippen LogP contribution in [0.1, 0.15) is 5.56 Å². The van der Waals surface area contributed by atoms with Crippen LogP contribution in [0.25, 0.3) is 21.9 Å². The van der Waals surface area contributed by atoms with Crippen molar-refractivity contribution in [2.24, 2.45) is 0 Å². The molecule has 0 aliphatic carbocycles. The van der Waals surface area contributed by atoms with Crippen molar-refractivity contribution < 1.29 is 21.6 Å². The third-order valence-corrected chi connectivity index (χ3v) is 7.59.